The van der Waals surface area contributed by atoms with E-state index in [9.17, 15) is 14.4 Å². The van der Waals surface area contributed by atoms with Crippen LogP contribution in [-0.4, -0.2) is 37.2 Å². The van der Waals surface area contributed by atoms with Crippen molar-refractivity contribution < 1.29 is 28.6 Å². The van der Waals surface area contributed by atoms with E-state index in [-0.39, 0.29) is 42.0 Å². The number of esters is 3. The van der Waals surface area contributed by atoms with Crippen molar-refractivity contribution in [2.75, 3.05) is 7.11 Å². The maximum atomic E-state index is 11.7. The first kappa shape index (κ1) is 30.7. The molecule has 0 aromatic carbocycles. The third kappa shape index (κ3) is 14.6. The fraction of sp³-hybridized carbons (Fsp3) is 0.690. The maximum Gasteiger partial charge on any atom is 0.305 e. The Labute approximate surface area is 212 Å². The topological polar surface area (TPSA) is 78.9 Å². The zero-order chi connectivity index (χ0) is 25.9. The fourth-order valence-corrected chi connectivity index (χ4v) is 4.56. The molecule has 0 radical (unpaired) electrons. The standard InChI is InChI=1S/C29H46O6/c1-5-6-7-8-9-10-18-26(34-23(2)30)19-13-11-16-25-17-12-14-20-27(25)28(35-24(3)31)21-15-22-29(32)33-4/h11-14,16,19,25-28H,5-10,15,17-18,20-22H2,1-4H3/t25-,26?,27+,28?/m0/s1. The van der Waals surface area contributed by atoms with Crippen LogP contribution in [0, 0.1) is 11.8 Å². The molecule has 1 aliphatic rings. The Morgan fingerprint density at radius 2 is 1.57 bits per heavy atom. The smallest absolute Gasteiger partial charge is 0.305 e. The van der Waals surface area contributed by atoms with Gasteiger partial charge >= 0.3 is 17.9 Å². The van der Waals surface area contributed by atoms with Crippen molar-refractivity contribution in [3.8, 4) is 0 Å². The van der Waals surface area contributed by atoms with Crippen molar-refractivity contribution in [2.24, 2.45) is 11.8 Å². The van der Waals surface area contributed by atoms with E-state index in [2.05, 4.69) is 25.2 Å². The van der Waals surface area contributed by atoms with Gasteiger partial charge in [-0.2, -0.15) is 0 Å². The molecule has 0 fully saturated rings. The number of methoxy groups -OCH3 is 1. The monoisotopic (exact) mass is 490 g/mol. The van der Waals surface area contributed by atoms with Crippen LogP contribution in [0.15, 0.2) is 36.5 Å². The molecule has 0 aromatic rings. The molecule has 35 heavy (non-hydrogen) atoms. The van der Waals surface area contributed by atoms with Crippen LogP contribution in [0.1, 0.15) is 97.8 Å². The summed E-state index contributed by atoms with van der Waals surface area (Å²) in [7, 11) is 1.38. The Hall–Kier alpha value is -2.37. The van der Waals surface area contributed by atoms with Crippen molar-refractivity contribution in [1.82, 2.24) is 0 Å². The molecule has 1 rings (SSSR count). The average molecular weight is 491 g/mol. The lowest BCUT2D eigenvalue weighted by Crippen LogP contribution is -2.32. The second-order valence-corrected chi connectivity index (χ2v) is 9.36. The van der Waals surface area contributed by atoms with E-state index in [4.69, 9.17) is 14.2 Å². The highest BCUT2D eigenvalue weighted by Gasteiger charge is 2.30. The minimum absolute atomic E-state index is 0.151. The van der Waals surface area contributed by atoms with Gasteiger partial charge in [0.25, 0.3) is 0 Å². The molecule has 0 saturated heterocycles. The maximum absolute atomic E-state index is 11.7. The number of allylic oxidation sites excluding steroid dienone is 5. The molecule has 0 aliphatic heterocycles. The third-order valence-electron chi connectivity index (χ3n) is 6.38. The molecular weight excluding hydrogens is 444 g/mol. The summed E-state index contributed by atoms with van der Waals surface area (Å²) in [5.74, 6) is -0.441. The van der Waals surface area contributed by atoms with Crippen LogP contribution >= 0.6 is 0 Å². The molecule has 0 N–H and O–H groups in total. The quantitative estimate of drug-likeness (QED) is 0.0748. The Kier molecular flexibility index (Phi) is 16.6. The normalized spacial score (nSPS) is 19.5. The van der Waals surface area contributed by atoms with E-state index >= 15 is 0 Å². The molecule has 0 amide bonds. The number of rotatable bonds is 17. The van der Waals surface area contributed by atoms with E-state index in [1.54, 1.807) is 0 Å². The minimum atomic E-state index is -0.302. The van der Waals surface area contributed by atoms with E-state index < -0.39 is 0 Å². The van der Waals surface area contributed by atoms with Gasteiger partial charge in [0, 0.05) is 26.2 Å². The molecular formula is C29H46O6. The van der Waals surface area contributed by atoms with Gasteiger partial charge in [-0.3, -0.25) is 14.4 Å². The van der Waals surface area contributed by atoms with Crippen LogP contribution in [0.5, 0.6) is 0 Å². The molecule has 2 unspecified atom stereocenters. The van der Waals surface area contributed by atoms with Gasteiger partial charge in [-0.1, -0.05) is 69.4 Å². The number of ether oxygens (including phenoxy) is 3. The predicted molar refractivity (Wildman–Crippen MR) is 139 cm³/mol. The molecule has 1 aliphatic carbocycles. The number of hydrogen-bond acceptors (Lipinski definition) is 6. The van der Waals surface area contributed by atoms with Crippen molar-refractivity contribution >= 4 is 17.9 Å². The number of carbonyl (C=O) groups is 3. The van der Waals surface area contributed by atoms with Gasteiger partial charge in [0.1, 0.15) is 12.2 Å². The summed E-state index contributed by atoms with van der Waals surface area (Å²) >= 11 is 0. The number of carbonyl (C=O) groups excluding carboxylic acids is 3. The van der Waals surface area contributed by atoms with Gasteiger partial charge < -0.3 is 14.2 Å². The summed E-state index contributed by atoms with van der Waals surface area (Å²) in [6.07, 6.45) is 23.2. The highest BCUT2D eigenvalue weighted by atomic mass is 16.5. The molecule has 0 saturated carbocycles. The first-order valence-corrected chi connectivity index (χ1v) is 13.3. The molecule has 4 atom stereocenters. The van der Waals surface area contributed by atoms with Gasteiger partial charge in [0.05, 0.1) is 7.11 Å². The van der Waals surface area contributed by atoms with E-state index in [1.807, 2.05) is 18.2 Å². The molecule has 6 heteroatoms. The Morgan fingerprint density at radius 1 is 0.886 bits per heavy atom. The predicted octanol–water partition coefficient (Wildman–Crippen LogP) is 6.64. The highest BCUT2D eigenvalue weighted by molar-refractivity contribution is 5.69. The van der Waals surface area contributed by atoms with Crippen molar-refractivity contribution in [3.63, 3.8) is 0 Å². The third-order valence-corrected chi connectivity index (χ3v) is 6.38. The lowest BCUT2D eigenvalue weighted by Gasteiger charge is -2.33. The van der Waals surface area contributed by atoms with Gasteiger partial charge in [0.15, 0.2) is 0 Å². The van der Waals surface area contributed by atoms with Gasteiger partial charge in [0.2, 0.25) is 0 Å². The molecule has 0 aromatic heterocycles. The summed E-state index contributed by atoms with van der Waals surface area (Å²) in [6.45, 7) is 5.09. The lowest BCUT2D eigenvalue weighted by molar-refractivity contribution is -0.150. The lowest BCUT2D eigenvalue weighted by atomic mass is 9.78. The second kappa shape index (κ2) is 18.9. The van der Waals surface area contributed by atoms with Gasteiger partial charge in [-0.25, -0.2) is 0 Å². The molecule has 0 heterocycles. The number of hydrogen-bond donors (Lipinski definition) is 0. The first-order valence-electron chi connectivity index (χ1n) is 13.3. The molecule has 198 valence electrons. The summed E-state index contributed by atoms with van der Waals surface area (Å²) in [6, 6.07) is 0. The molecule has 0 bridgehead atoms. The van der Waals surface area contributed by atoms with Gasteiger partial charge in [-0.15, -0.1) is 0 Å². The summed E-state index contributed by atoms with van der Waals surface area (Å²) in [4.78, 5) is 34.7. The Bertz CT molecular complexity index is 708. The van der Waals surface area contributed by atoms with Crippen LogP contribution in [-0.2, 0) is 28.6 Å². The SMILES string of the molecule is CCCCCCCCC(C=CC=C[C@H]1CC=CC[C@H]1C(CCCC(=O)OC)OC(C)=O)OC(C)=O. The second-order valence-electron chi connectivity index (χ2n) is 9.36. The van der Waals surface area contributed by atoms with Crippen molar-refractivity contribution in [3.05, 3.63) is 36.5 Å². The Balaban J connectivity index is 2.71. The van der Waals surface area contributed by atoms with Crippen molar-refractivity contribution in [1.29, 1.82) is 0 Å². The van der Waals surface area contributed by atoms with Crippen LogP contribution in [0.3, 0.4) is 0 Å². The fourth-order valence-electron chi connectivity index (χ4n) is 4.56. The van der Waals surface area contributed by atoms with Gasteiger partial charge in [-0.05, 0) is 50.5 Å². The zero-order valence-electron chi connectivity index (χ0n) is 22.2. The zero-order valence-corrected chi connectivity index (χ0v) is 22.2. The van der Waals surface area contributed by atoms with Crippen LogP contribution in [0.4, 0.5) is 0 Å². The largest absolute Gasteiger partial charge is 0.469 e. The number of unbranched alkanes of at least 4 members (excludes halogenated alkanes) is 5. The Morgan fingerprint density at radius 3 is 2.26 bits per heavy atom. The molecule has 0 spiro atoms. The van der Waals surface area contributed by atoms with E-state index in [0.717, 1.165) is 32.1 Å². The summed E-state index contributed by atoms with van der Waals surface area (Å²) in [5, 5.41) is 0. The van der Waals surface area contributed by atoms with Crippen LogP contribution in [0.25, 0.3) is 0 Å². The van der Waals surface area contributed by atoms with E-state index in [1.165, 1.54) is 46.6 Å². The summed E-state index contributed by atoms with van der Waals surface area (Å²) in [5.41, 5.74) is 0. The van der Waals surface area contributed by atoms with Crippen LogP contribution < -0.4 is 0 Å². The minimum Gasteiger partial charge on any atom is -0.469 e. The average Bonchev–Trinajstić information content (AvgIpc) is 2.82. The highest BCUT2D eigenvalue weighted by Crippen LogP contribution is 2.33. The van der Waals surface area contributed by atoms with Crippen LogP contribution in [0.2, 0.25) is 0 Å². The van der Waals surface area contributed by atoms with Crippen molar-refractivity contribution in [2.45, 2.75) is 110 Å². The molecule has 6 nitrogen and oxygen atoms in total. The summed E-state index contributed by atoms with van der Waals surface area (Å²) < 4.78 is 15.9. The van der Waals surface area contributed by atoms with E-state index in [0.29, 0.717) is 19.3 Å². The first-order chi connectivity index (χ1) is 16.9.